The molecule has 21 heavy (non-hydrogen) atoms. The van der Waals surface area contributed by atoms with Crippen LogP contribution in [0.1, 0.15) is 18.0 Å². The van der Waals surface area contributed by atoms with E-state index >= 15 is 0 Å². The normalized spacial score (nSPS) is 22.0. The molecule has 2 rings (SSSR count). The second-order valence-corrected chi connectivity index (χ2v) is 5.70. The summed E-state index contributed by atoms with van der Waals surface area (Å²) in [5.41, 5.74) is 0. The molecule has 0 bridgehead atoms. The van der Waals surface area contributed by atoms with Crippen molar-refractivity contribution in [2.45, 2.75) is 25.2 Å². The van der Waals surface area contributed by atoms with Crippen molar-refractivity contribution in [3.63, 3.8) is 0 Å². The lowest BCUT2D eigenvalue weighted by Gasteiger charge is -2.35. The predicted octanol–water partition coefficient (Wildman–Crippen LogP) is 1.58. The highest BCUT2D eigenvalue weighted by Crippen LogP contribution is 2.21. The van der Waals surface area contributed by atoms with Crippen LogP contribution in [-0.4, -0.2) is 54.3 Å². The molecular formula is C12H16F3N3O2S. The number of aromatic nitrogens is 1. The van der Waals surface area contributed by atoms with E-state index in [-0.39, 0.29) is 25.8 Å². The van der Waals surface area contributed by atoms with Gasteiger partial charge in [0.15, 0.2) is 0 Å². The van der Waals surface area contributed by atoms with Crippen molar-refractivity contribution in [1.82, 2.24) is 15.2 Å². The van der Waals surface area contributed by atoms with Gasteiger partial charge < -0.3 is 10.1 Å². The number of thiazole rings is 1. The minimum atomic E-state index is -4.34. The summed E-state index contributed by atoms with van der Waals surface area (Å²) in [6.07, 6.45) is -2.72. The van der Waals surface area contributed by atoms with Gasteiger partial charge in [0.2, 0.25) is 5.91 Å². The Hall–Kier alpha value is -1.19. The minimum Gasteiger partial charge on any atom is -0.378 e. The standard InChI is InChI=1S/C12H16F3N3O2S/c1-8(11-16-2-5-21-11)17-10(19)9-6-20-4-3-18(9)7-12(13,14)15/h2,5,8-9H,3-4,6-7H2,1H3,(H,17,19)/t8-,9+/m1/s1. The lowest BCUT2D eigenvalue weighted by atomic mass is 10.2. The molecule has 2 heterocycles. The van der Waals surface area contributed by atoms with Crippen molar-refractivity contribution in [3.05, 3.63) is 16.6 Å². The van der Waals surface area contributed by atoms with E-state index in [1.165, 1.54) is 11.3 Å². The summed E-state index contributed by atoms with van der Waals surface area (Å²) in [4.78, 5) is 17.4. The highest BCUT2D eigenvalue weighted by molar-refractivity contribution is 7.09. The number of hydrogen-bond donors (Lipinski definition) is 1. The summed E-state index contributed by atoms with van der Waals surface area (Å²) >= 11 is 1.38. The fourth-order valence-corrected chi connectivity index (χ4v) is 2.76. The van der Waals surface area contributed by atoms with E-state index in [9.17, 15) is 18.0 Å². The Labute approximate surface area is 124 Å². The highest BCUT2D eigenvalue weighted by Gasteiger charge is 2.38. The number of carbonyl (C=O) groups excluding carboxylic acids is 1. The van der Waals surface area contributed by atoms with E-state index in [1.807, 2.05) is 0 Å². The van der Waals surface area contributed by atoms with Gasteiger partial charge in [0, 0.05) is 18.1 Å². The van der Waals surface area contributed by atoms with Crippen molar-refractivity contribution in [2.24, 2.45) is 0 Å². The van der Waals surface area contributed by atoms with Gasteiger partial charge in [-0.1, -0.05) is 0 Å². The molecule has 2 atom stereocenters. The van der Waals surface area contributed by atoms with Gasteiger partial charge in [-0.2, -0.15) is 13.2 Å². The minimum absolute atomic E-state index is 0.0352. The smallest absolute Gasteiger partial charge is 0.378 e. The lowest BCUT2D eigenvalue weighted by molar-refractivity contribution is -0.167. The Bertz CT molecular complexity index is 467. The highest BCUT2D eigenvalue weighted by atomic mass is 32.1. The van der Waals surface area contributed by atoms with Crippen LogP contribution in [0, 0.1) is 0 Å². The fraction of sp³-hybridized carbons (Fsp3) is 0.667. The summed E-state index contributed by atoms with van der Waals surface area (Å²) in [7, 11) is 0. The van der Waals surface area contributed by atoms with Gasteiger partial charge in [0.25, 0.3) is 0 Å². The van der Waals surface area contributed by atoms with Crippen LogP contribution in [0.3, 0.4) is 0 Å². The monoisotopic (exact) mass is 323 g/mol. The number of morpholine rings is 1. The average Bonchev–Trinajstić information content (AvgIpc) is 2.91. The van der Waals surface area contributed by atoms with Crippen LogP contribution in [0.2, 0.25) is 0 Å². The first-order valence-electron chi connectivity index (χ1n) is 6.45. The number of hydrogen-bond acceptors (Lipinski definition) is 5. The van der Waals surface area contributed by atoms with Gasteiger partial charge in [-0.3, -0.25) is 9.69 Å². The number of halogens is 3. The number of amides is 1. The number of rotatable bonds is 4. The van der Waals surface area contributed by atoms with Crippen molar-refractivity contribution in [3.8, 4) is 0 Å². The van der Waals surface area contributed by atoms with E-state index < -0.39 is 24.7 Å². The maximum absolute atomic E-state index is 12.5. The second-order valence-electron chi connectivity index (χ2n) is 4.78. The van der Waals surface area contributed by atoms with Crippen molar-refractivity contribution < 1.29 is 22.7 Å². The molecule has 1 aliphatic rings. The lowest BCUT2D eigenvalue weighted by Crippen LogP contribution is -2.56. The summed E-state index contributed by atoms with van der Waals surface area (Å²) < 4.78 is 42.8. The zero-order chi connectivity index (χ0) is 15.5. The van der Waals surface area contributed by atoms with Crippen LogP contribution >= 0.6 is 11.3 Å². The molecule has 0 saturated carbocycles. The van der Waals surface area contributed by atoms with Gasteiger partial charge in [-0.15, -0.1) is 11.3 Å². The first kappa shape index (κ1) is 16.2. The van der Waals surface area contributed by atoms with E-state index in [4.69, 9.17) is 4.74 Å². The van der Waals surface area contributed by atoms with Gasteiger partial charge >= 0.3 is 6.18 Å². The maximum Gasteiger partial charge on any atom is 0.401 e. The molecule has 0 radical (unpaired) electrons. The van der Waals surface area contributed by atoms with Crippen LogP contribution in [0.25, 0.3) is 0 Å². The van der Waals surface area contributed by atoms with E-state index in [1.54, 1.807) is 18.5 Å². The number of alkyl halides is 3. The molecule has 1 aromatic rings. The van der Waals surface area contributed by atoms with Gasteiger partial charge in [-0.25, -0.2) is 4.98 Å². The molecule has 1 aromatic heterocycles. The Morgan fingerprint density at radius 3 is 3.05 bits per heavy atom. The van der Waals surface area contributed by atoms with Crippen molar-refractivity contribution in [1.29, 1.82) is 0 Å². The molecule has 1 saturated heterocycles. The number of nitrogens with zero attached hydrogens (tertiary/aromatic N) is 2. The summed E-state index contributed by atoms with van der Waals surface area (Å²) in [6.45, 7) is 0.881. The van der Waals surface area contributed by atoms with Crippen LogP contribution in [0.15, 0.2) is 11.6 Å². The molecule has 118 valence electrons. The zero-order valence-electron chi connectivity index (χ0n) is 11.4. The molecule has 1 aliphatic heterocycles. The van der Waals surface area contributed by atoms with Crippen molar-refractivity contribution >= 4 is 17.2 Å². The third kappa shape index (κ3) is 4.65. The number of ether oxygens (including phenoxy) is 1. The third-order valence-electron chi connectivity index (χ3n) is 3.10. The molecule has 5 nitrogen and oxygen atoms in total. The molecule has 1 fully saturated rings. The van der Waals surface area contributed by atoms with Crippen LogP contribution in [-0.2, 0) is 9.53 Å². The number of carbonyl (C=O) groups is 1. The zero-order valence-corrected chi connectivity index (χ0v) is 12.2. The molecule has 0 aliphatic carbocycles. The largest absolute Gasteiger partial charge is 0.401 e. The molecular weight excluding hydrogens is 307 g/mol. The van der Waals surface area contributed by atoms with E-state index in [0.29, 0.717) is 5.01 Å². The quantitative estimate of drug-likeness (QED) is 0.914. The van der Waals surface area contributed by atoms with E-state index in [0.717, 1.165) is 4.90 Å². The summed E-state index contributed by atoms with van der Waals surface area (Å²) in [6, 6.07) is -1.27. The Kier molecular flexibility index (Phi) is 5.17. The van der Waals surface area contributed by atoms with Gasteiger partial charge in [-0.05, 0) is 6.92 Å². The average molecular weight is 323 g/mol. The SMILES string of the molecule is C[C@@H](NC(=O)[C@@H]1COCCN1CC(F)(F)F)c1nccs1. The Balaban J connectivity index is 1.98. The van der Waals surface area contributed by atoms with Gasteiger partial charge in [0.05, 0.1) is 25.8 Å². The third-order valence-corrected chi connectivity index (χ3v) is 4.06. The second kappa shape index (κ2) is 6.71. The molecule has 9 heteroatoms. The van der Waals surface area contributed by atoms with Crippen molar-refractivity contribution in [2.75, 3.05) is 26.3 Å². The van der Waals surface area contributed by atoms with Crippen LogP contribution in [0.4, 0.5) is 13.2 Å². The Morgan fingerprint density at radius 1 is 1.67 bits per heavy atom. The molecule has 0 spiro atoms. The Morgan fingerprint density at radius 2 is 2.43 bits per heavy atom. The van der Waals surface area contributed by atoms with E-state index in [2.05, 4.69) is 10.3 Å². The molecule has 1 amide bonds. The van der Waals surface area contributed by atoms with Crippen LogP contribution < -0.4 is 5.32 Å². The first-order chi connectivity index (χ1) is 9.87. The van der Waals surface area contributed by atoms with Crippen LogP contribution in [0.5, 0.6) is 0 Å². The predicted molar refractivity (Wildman–Crippen MR) is 70.9 cm³/mol. The molecule has 0 unspecified atom stereocenters. The molecule has 0 aromatic carbocycles. The summed E-state index contributed by atoms with van der Waals surface area (Å²) in [5.74, 6) is -0.471. The maximum atomic E-state index is 12.5. The summed E-state index contributed by atoms with van der Waals surface area (Å²) in [5, 5.41) is 5.17. The topological polar surface area (TPSA) is 54.5 Å². The molecule has 1 N–H and O–H groups in total. The van der Waals surface area contributed by atoms with Gasteiger partial charge in [0.1, 0.15) is 11.0 Å². The first-order valence-corrected chi connectivity index (χ1v) is 7.33. The fourth-order valence-electron chi connectivity index (χ4n) is 2.12. The number of nitrogens with one attached hydrogen (secondary N) is 1.